The molecule has 4 aromatic rings. The third-order valence-corrected chi connectivity index (χ3v) is 7.54. The minimum Gasteiger partial charge on any atom is -0.371 e. The fourth-order valence-corrected chi connectivity index (χ4v) is 5.24. The van der Waals surface area contributed by atoms with Crippen molar-refractivity contribution in [2.75, 3.05) is 23.3 Å². The predicted octanol–water partition coefficient (Wildman–Crippen LogP) is 6.03. The van der Waals surface area contributed by atoms with Crippen LogP contribution in [0.3, 0.4) is 0 Å². The maximum Gasteiger partial charge on any atom is 0.269 e. The molecule has 2 heterocycles. The Kier molecular flexibility index (Phi) is 9.53. The van der Waals surface area contributed by atoms with Crippen LogP contribution >= 0.6 is 0 Å². The lowest BCUT2D eigenvalue weighted by molar-refractivity contribution is -0.384. The van der Waals surface area contributed by atoms with Gasteiger partial charge in [0, 0.05) is 61.6 Å². The number of rotatable bonds is 10. The van der Waals surface area contributed by atoms with Crippen molar-refractivity contribution in [3.8, 4) is 0 Å². The van der Waals surface area contributed by atoms with E-state index in [1.165, 1.54) is 23.8 Å². The minimum atomic E-state index is -0.471. The highest BCUT2D eigenvalue weighted by atomic mass is 16.6. The molecule has 2 N–H and O–H groups in total. The van der Waals surface area contributed by atoms with Crippen LogP contribution in [0.25, 0.3) is 6.08 Å². The first-order valence-electron chi connectivity index (χ1n) is 14.3. The van der Waals surface area contributed by atoms with Crippen LogP contribution in [0, 0.1) is 16.0 Å². The molecule has 43 heavy (non-hydrogen) atoms. The number of non-ortho nitro benzene ring substituents is 1. The van der Waals surface area contributed by atoms with Gasteiger partial charge in [-0.05, 0) is 84.3 Å². The van der Waals surface area contributed by atoms with Crippen molar-refractivity contribution >= 4 is 35.0 Å². The zero-order valence-electron chi connectivity index (χ0n) is 23.7. The quantitative estimate of drug-likeness (QED) is 0.135. The number of nitro benzene ring substituents is 1. The van der Waals surface area contributed by atoms with Gasteiger partial charge in [-0.2, -0.15) is 0 Å². The van der Waals surface area contributed by atoms with Gasteiger partial charge >= 0.3 is 0 Å². The second-order valence-corrected chi connectivity index (χ2v) is 10.6. The maximum atomic E-state index is 13.5. The van der Waals surface area contributed by atoms with Crippen molar-refractivity contribution in [2.24, 2.45) is 5.92 Å². The van der Waals surface area contributed by atoms with Crippen molar-refractivity contribution in [1.29, 1.82) is 0 Å². The van der Waals surface area contributed by atoms with E-state index in [0.717, 1.165) is 43.6 Å². The number of hydrogen-bond acceptors (Lipinski definition) is 6. The largest absolute Gasteiger partial charge is 0.371 e. The number of nitrogens with zero attached hydrogens (tertiary/aromatic N) is 3. The number of aromatic nitrogens is 1. The number of nitrogens with one attached hydrogen (secondary N) is 2. The number of benzene rings is 3. The van der Waals surface area contributed by atoms with Gasteiger partial charge in [0.2, 0.25) is 5.91 Å². The summed E-state index contributed by atoms with van der Waals surface area (Å²) in [6.07, 6.45) is 9.43. The average molecular weight is 576 g/mol. The van der Waals surface area contributed by atoms with Crippen LogP contribution in [0.15, 0.2) is 103 Å². The number of carbonyl (C=O) groups is 2. The van der Waals surface area contributed by atoms with Crippen LogP contribution in [-0.4, -0.2) is 34.8 Å². The smallest absolute Gasteiger partial charge is 0.269 e. The molecule has 1 aliphatic heterocycles. The van der Waals surface area contributed by atoms with Gasteiger partial charge in [-0.25, -0.2) is 0 Å². The topological polar surface area (TPSA) is 117 Å². The van der Waals surface area contributed by atoms with Crippen molar-refractivity contribution in [3.63, 3.8) is 0 Å². The first kappa shape index (κ1) is 29.2. The zero-order valence-corrected chi connectivity index (χ0v) is 23.7. The summed E-state index contributed by atoms with van der Waals surface area (Å²) in [4.78, 5) is 42.9. The molecule has 3 aromatic carbocycles. The lowest BCUT2D eigenvalue weighted by Crippen LogP contribution is -2.36. The lowest BCUT2D eigenvalue weighted by Gasteiger charge is -2.35. The standard InChI is InChI=1S/C34H33N5O4/c40-33(15-10-25-8-12-30(13-9-25)39(42)43)37-29-11-14-32(31(22-29)34(41)36-24-28-7-4-18-35-23-28)38-19-16-27(17-20-38)21-26-5-2-1-3-6-26/h1-15,18,22-23,27H,16-17,19-21,24H2,(H,36,41)(H,37,40). The summed E-state index contributed by atoms with van der Waals surface area (Å²) in [6, 6.07) is 25.6. The molecule has 218 valence electrons. The van der Waals surface area contributed by atoms with Crippen LogP contribution in [0.4, 0.5) is 17.1 Å². The zero-order chi connectivity index (χ0) is 30.0. The Balaban J connectivity index is 1.29. The molecule has 0 bridgehead atoms. The van der Waals surface area contributed by atoms with E-state index in [1.807, 2.05) is 24.3 Å². The van der Waals surface area contributed by atoms with E-state index in [1.54, 1.807) is 42.7 Å². The molecule has 0 unspecified atom stereocenters. The van der Waals surface area contributed by atoms with Crippen molar-refractivity contribution in [2.45, 2.75) is 25.8 Å². The molecule has 0 atom stereocenters. The summed E-state index contributed by atoms with van der Waals surface area (Å²) in [5, 5.41) is 16.7. The molecular formula is C34H33N5O4. The average Bonchev–Trinajstić information content (AvgIpc) is 3.04. The summed E-state index contributed by atoms with van der Waals surface area (Å²) in [6.45, 7) is 2.01. The Labute approximate surface area is 250 Å². The van der Waals surface area contributed by atoms with Crippen LogP contribution in [0.5, 0.6) is 0 Å². The number of hydrogen-bond donors (Lipinski definition) is 2. The predicted molar refractivity (Wildman–Crippen MR) is 168 cm³/mol. The van der Waals surface area contributed by atoms with Crippen LogP contribution in [0.1, 0.15) is 39.9 Å². The summed E-state index contributed by atoms with van der Waals surface area (Å²) >= 11 is 0. The van der Waals surface area contributed by atoms with E-state index in [-0.39, 0.29) is 17.5 Å². The van der Waals surface area contributed by atoms with Gasteiger partial charge in [-0.3, -0.25) is 24.7 Å². The third-order valence-electron chi connectivity index (χ3n) is 7.54. The lowest BCUT2D eigenvalue weighted by atomic mass is 9.89. The number of nitro groups is 1. The second-order valence-electron chi connectivity index (χ2n) is 10.6. The molecule has 9 heteroatoms. The highest BCUT2D eigenvalue weighted by Gasteiger charge is 2.24. The number of anilines is 2. The Morgan fingerprint density at radius 1 is 0.953 bits per heavy atom. The van der Waals surface area contributed by atoms with Gasteiger partial charge in [0.1, 0.15) is 0 Å². The Morgan fingerprint density at radius 3 is 2.40 bits per heavy atom. The van der Waals surface area contributed by atoms with Crippen LogP contribution in [0.2, 0.25) is 0 Å². The van der Waals surface area contributed by atoms with E-state index in [0.29, 0.717) is 29.3 Å². The normalized spacial score (nSPS) is 13.5. The monoisotopic (exact) mass is 575 g/mol. The Bertz CT molecular complexity index is 1580. The Morgan fingerprint density at radius 2 is 1.70 bits per heavy atom. The summed E-state index contributed by atoms with van der Waals surface area (Å²) in [7, 11) is 0. The second kappa shape index (κ2) is 14.0. The molecule has 2 amide bonds. The SMILES string of the molecule is O=C(C=Cc1ccc([N+](=O)[O-])cc1)Nc1ccc(N2CCC(Cc3ccccc3)CC2)c(C(=O)NCc2cccnc2)c1. The number of amides is 2. The van der Waals surface area contributed by atoms with Crippen LogP contribution < -0.4 is 15.5 Å². The van der Waals surface area contributed by atoms with Gasteiger partial charge in [-0.1, -0.05) is 36.4 Å². The summed E-state index contributed by atoms with van der Waals surface area (Å²) < 4.78 is 0. The van der Waals surface area contributed by atoms with Crippen molar-refractivity contribution < 1.29 is 14.5 Å². The fraction of sp³-hybridized carbons (Fsp3) is 0.206. The van der Waals surface area contributed by atoms with Gasteiger partial charge < -0.3 is 15.5 Å². The molecule has 0 radical (unpaired) electrons. The molecule has 1 aromatic heterocycles. The summed E-state index contributed by atoms with van der Waals surface area (Å²) in [5.41, 5.74) is 4.69. The highest BCUT2D eigenvalue weighted by Crippen LogP contribution is 2.30. The molecule has 0 aliphatic carbocycles. The van der Waals surface area contributed by atoms with Crippen molar-refractivity contribution in [3.05, 3.63) is 136 Å². The summed E-state index contributed by atoms with van der Waals surface area (Å²) in [5.74, 6) is -0.0278. The van der Waals surface area contributed by atoms with Crippen molar-refractivity contribution in [1.82, 2.24) is 10.3 Å². The van der Waals surface area contributed by atoms with Gasteiger partial charge in [0.05, 0.1) is 10.5 Å². The van der Waals surface area contributed by atoms with E-state index in [2.05, 4.69) is 44.8 Å². The van der Waals surface area contributed by atoms with Gasteiger partial charge in [0.15, 0.2) is 0 Å². The molecule has 1 aliphatic rings. The molecule has 0 saturated carbocycles. The van der Waals surface area contributed by atoms with E-state index in [4.69, 9.17) is 0 Å². The van der Waals surface area contributed by atoms with E-state index < -0.39 is 4.92 Å². The highest BCUT2D eigenvalue weighted by molar-refractivity contribution is 6.05. The first-order valence-corrected chi connectivity index (χ1v) is 14.3. The molecule has 5 rings (SSSR count). The fourth-order valence-electron chi connectivity index (χ4n) is 5.24. The molecule has 1 fully saturated rings. The van der Waals surface area contributed by atoms with E-state index >= 15 is 0 Å². The van der Waals surface area contributed by atoms with Crippen LogP contribution in [-0.2, 0) is 17.8 Å². The molecule has 9 nitrogen and oxygen atoms in total. The maximum absolute atomic E-state index is 13.5. The Hall–Kier alpha value is -5.31. The first-order chi connectivity index (χ1) is 20.9. The number of carbonyl (C=O) groups excluding carboxylic acids is 2. The van der Waals surface area contributed by atoms with Gasteiger partial charge in [0.25, 0.3) is 11.6 Å². The minimum absolute atomic E-state index is 0.0172. The van der Waals surface area contributed by atoms with Gasteiger partial charge in [-0.15, -0.1) is 0 Å². The number of pyridine rings is 1. The number of piperidine rings is 1. The molecule has 1 saturated heterocycles. The van der Waals surface area contributed by atoms with E-state index in [9.17, 15) is 19.7 Å². The molecule has 0 spiro atoms. The molecular weight excluding hydrogens is 542 g/mol. The third kappa shape index (κ3) is 8.13.